The van der Waals surface area contributed by atoms with E-state index in [1.54, 1.807) is 14.2 Å². The Morgan fingerprint density at radius 1 is 0.938 bits per heavy atom. The average Bonchev–Trinajstić information content (AvgIpc) is 3.12. The van der Waals surface area contributed by atoms with Crippen LogP contribution in [-0.4, -0.2) is 57.7 Å². The number of unbranched alkanes of at least 4 members (excludes halogenated alkanes) is 1. The standard InChI is InChI=1S/C39H55N3O6/c1-4-5-18-48-35-16-10-9-15-30(35)19-28-14-11-17-42(26-28)37-36(38(44)39(37)45)41-33(22-27-12-7-6-8-13-27)34(43)25-40-24-29-20-31(46-2)23-32(21-29)47-3/h9-10,15-16,20-21,23,27-28,33-34,40-41,43H,4-8,11-14,17-19,22,24-26H2,1-3H3/t28-,33+,34-/m1/s1. The number of methoxy groups -OCH3 is 2. The number of anilines is 2. The number of aliphatic hydroxyl groups is 1. The molecule has 1 saturated carbocycles. The minimum absolute atomic E-state index is 0.334. The predicted molar refractivity (Wildman–Crippen MR) is 193 cm³/mol. The van der Waals surface area contributed by atoms with Crippen LogP contribution in [0.5, 0.6) is 17.2 Å². The van der Waals surface area contributed by atoms with Gasteiger partial charge in [-0.15, -0.1) is 0 Å². The summed E-state index contributed by atoms with van der Waals surface area (Å²) in [6, 6.07) is 13.6. The number of para-hydroxylation sites is 1. The Morgan fingerprint density at radius 2 is 1.67 bits per heavy atom. The van der Waals surface area contributed by atoms with Crippen LogP contribution in [0, 0.1) is 11.8 Å². The number of piperidine rings is 1. The van der Waals surface area contributed by atoms with Crippen LogP contribution >= 0.6 is 0 Å². The Kier molecular flexibility index (Phi) is 13.2. The van der Waals surface area contributed by atoms with E-state index < -0.39 is 17.0 Å². The maximum Gasteiger partial charge on any atom is 0.253 e. The minimum atomic E-state index is -0.755. The molecule has 0 aromatic heterocycles. The molecule has 0 unspecified atom stereocenters. The zero-order chi connectivity index (χ0) is 33.9. The van der Waals surface area contributed by atoms with E-state index in [-0.39, 0.29) is 6.04 Å². The van der Waals surface area contributed by atoms with Crippen molar-refractivity contribution < 1.29 is 19.3 Å². The van der Waals surface area contributed by atoms with Gasteiger partial charge >= 0.3 is 0 Å². The summed E-state index contributed by atoms with van der Waals surface area (Å²) in [7, 11) is 3.25. The van der Waals surface area contributed by atoms with Gasteiger partial charge in [0.2, 0.25) is 0 Å². The molecule has 9 heteroatoms. The van der Waals surface area contributed by atoms with E-state index in [0.29, 0.717) is 61.0 Å². The van der Waals surface area contributed by atoms with Crippen LogP contribution in [0.1, 0.15) is 82.3 Å². The summed E-state index contributed by atoms with van der Waals surface area (Å²) in [4.78, 5) is 28.3. The molecule has 9 nitrogen and oxygen atoms in total. The molecule has 2 aliphatic rings. The maximum atomic E-state index is 13.1. The lowest BCUT2D eigenvalue weighted by Crippen LogP contribution is -2.50. The quantitative estimate of drug-likeness (QED) is 0.114. The highest BCUT2D eigenvalue weighted by Gasteiger charge is 2.33. The zero-order valence-electron chi connectivity index (χ0n) is 29.1. The smallest absolute Gasteiger partial charge is 0.253 e. The van der Waals surface area contributed by atoms with E-state index in [9.17, 15) is 14.7 Å². The van der Waals surface area contributed by atoms with Gasteiger partial charge in [0.25, 0.3) is 10.9 Å². The van der Waals surface area contributed by atoms with Gasteiger partial charge < -0.3 is 34.9 Å². The summed E-state index contributed by atoms with van der Waals surface area (Å²) in [5.41, 5.74) is 2.15. The molecule has 3 aromatic rings. The lowest BCUT2D eigenvalue weighted by atomic mass is 9.83. The topological polar surface area (TPSA) is 109 Å². The fraction of sp³-hybridized carbons (Fsp3) is 0.590. The number of nitrogens with one attached hydrogen (secondary N) is 2. The molecule has 0 amide bonds. The van der Waals surface area contributed by atoms with Gasteiger partial charge in [-0.05, 0) is 73.3 Å². The number of benzene rings is 2. The van der Waals surface area contributed by atoms with Crippen LogP contribution in [0.3, 0.4) is 0 Å². The maximum absolute atomic E-state index is 13.1. The first-order chi connectivity index (χ1) is 23.4. The van der Waals surface area contributed by atoms with Gasteiger partial charge in [0, 0.05) is 32.2 Å². The van der Waals surface area contributed by atoms with E-state index in [1.165, 1.54) is 24.8 Å². The number of ether oxygens (including phenoxy) is 3. The molecule has 1 aliphatic heterocycles. The van der Waals surface area contributed by atoms with Crippen LogP contribution in [0.15, 0.2) is 52.1 Å². The number of aliphatic hydroxyl groups excluding tert-OH is 1. The van der Waals surface area contributed by atoms with E-state index in [4.69, 9.17) is 14.2 Å². The fourth-order valence-electron chi connectivity index (χ4n) is 7.46. The molecule has 3 N–H and O–H groups in total. The molecular weight excluding hydrogens is 606 g/mol. The van der Waals surface area contributed by atoms with Crippen molar-refractivity contribution in [1.82, 2.24) is 5.32 Å². The Labute approximate surface area is 285 Å². The van der Waals surface area contributed by atoms with Gasteiger partial charge in [0.05, 0.1) is 33.0 Å². The van der Waals surface area contributed by atoms with Gasteiger partial charge in [-0.3, -0.25) is 9.59 Å². The molecule has 3 aromatic carbocycles. The van der Waals surface area contributed by atoms with Crippen molar-refractivity contribution in [3.8, 4) is 17.2 Å². The van der Waals surface area contributed by atoms with Gasteiger partial charge in [-0.1, -0.05) is 63.6 Å². The van der Waals surface area contributed by atoms with Gasteiger partial charge in [0.1, 0.15) is 28.6 Å². The van der Waals surface area contributed by atoms with Crippen LogP contribution in [0.2, 0.25) is 0 Å². The van der Waals surface area contributed by atoms with Gasteiger partial charge in [0.15, 0.2) is 0 Å². The highest BCUT2D eigenvalue weighted by Crippen LogP contribution is 2.33. The Bertz CT molecular complexity index is 1490. The molecule has 262 valence electrons. The number of hydrogen-bond donors (Lipinski definition) is 3. The molecule has 3 atom stereocenters. The van der Waals surface area contributed by atoms with Crippen LogP contribution in [-0.2, 0) is 13.0 Å². The second kappa shape index (κ2) is 17.7. The summed E-state index contributed by atoms with van der Waals surface area (Å²) in [6.07, 6.45) is 10.9. The number of rotatable bonds is 18. The Hall–Kier alpha value is -3.56. The fourth-order valence-corrected chi connectivity index (χ4v) is 7.46. The minimum Gasteiger partial charge on any atom is -0.497 e. The first-order valence-corrected chi connectivity index (χ1v) is 18.1. The second-order valence-corrected chi connectivity index (χ2v) is 13.8. The van der Waals surface area contributed by atoms with Crippen molar-refractivity contribution in [1.29, 1.82) is 0 Å². The highest BCUT2D eigenvalue weighted by molar-refractivity contribution is 5.75. The van der Waals surface area contributed by atoms with Crippen molar-refractivity contribution in [3.05, 3.63) is 74.0 Å². The second-order valence-electron chi connectivity index (χ2n) is 13.8. The summed E-state index contributed by atoms with van der Waals surface area (Å²) in [5.74, 6) is 3.18. The van der Waals surface area contributed by atoms with Crippen molar-refractivity contribution in [2.75, 3.05) is 50.7 Å². The third kappa shape index (κ3) is 9.32. The largest absolute Gasteiger partial charge is 0.497 e. The highest BCUT2D eigenvalue weighted by atomic mass is 16.5. The lowest BCUT2D eigenvalue weighted by Gasteiger charge is -2.37. The molecule has 0 spiro atoms. The molecule has 5 rings (SSSR count). The lowest BCUT2D eigenvalue weighted by molar-refractivity contribution is 0.132. The summed E-state index contributed by atoms with van der Waals surface area (Å²) >= 11 is 0. The van der Waals surface area contributed by atoms with E-state index in [1.807, 2.05) is 30.3 Å². The summed E-state index contributed by atoms with van der Waals surface area (Å²) < 4.78 is 16.9. The first kappa shape index (κ1) is 35.7. The van der Waals surface area contributed by atoms with Crippen LogP contribution in [0.25, 0.3) is 0 Å². The number of nitrogens with zero attached hydrogens (tertiary/aromatic N) is 1. The predicted octanol–water partition coefficient (Wildman–Crippen LogP) is 5.84. The third-order valence-electron chi connectivity index (χ3n) is 10.2. The SMILES string of the molecule is CCCCOc1ccccc1C[C@H]1CCCN(c2c(N[C@@H](CC3CCCCC3)[C@H](O)CNCc3cc(OC)cc(OC)c3)c(=O)c2=O)C1. The molecule has 1 aliphatic carbocycles. The summed E-state index contributed by atoms with van der Waals surface area (Å²) in [5, 5.41) is 18.3. The Morgan fingerprint density at radius 3 is 2.40 bits per heavy atom. The molecule has 48 heavy (non-hydrogen) atoms. The van der Waals surface area contributed by atoms with E-state index >= 15 is 0 Å². The van der Waals surface area contributed by atoms with Crippen molar-refractivity contribution in [2.45, 2.75) is 96.2 Å². The Balaban J connectivity index is 1.26. The third-order valence-corrected chi connectivity index (χ3v) is 10.2. The van der Waals surface area contributed by atoms with E-state index in [2.05, 4.69) is 34.6 Å². The molecule has 2 fully saturated rings. The monoisotopic (exact) mass is 661 g/mol. The molecule has 1 saturated heterocycles. The number of hydrogen-bond acceptors (Lipinski definition) is 9. The van der Waals surface area contributed by atoms with Gasteiger partial charge in [-0.2, -0.15) is 0 Å². The summed E-state index contributed by atoms with van der Waals surface area (Å²) in [6.45, 7) is 5.18. The first-order valence-electron chi connectivity index (χ1n) is 18.1. The van der Waals surface area contributed by atoms with Gasteiger partial charge in [-0.25, -0.2) is 0 Å². The molecule has 0 radical (unpaired) electrons. The van der Waals surface area contributed by atoms with Crippen molar-refractivity contribution in [2.24, 2.45) is 11.8 Å². The van der Waals surface area contributed by atoms with E-state index in [0.717, 1.165) is 69.2 Å². The zero-order valence-corrected chi connectivity index (χ0v) is 29.1. The molecular formula is C39H55N3O6. The van der Waals surface area contributed by atoms with Crippen molar-refractivity contribution >= 4 is 11.4 Å². The van der Waals surface area contributed by atoms with Crippen LogP contribution < -0.4 is 40.6 Å². The van der Waals surface area contributed by atoms with Crippen molar-refractivity contribution in [3.63, 3.8) is 0 Å². The van der Waals surface area contributed by atoms with Crippen LogP contribution in [0.4, 0.5) is 11.4 Å². The molecule has 0 bridgehead atoms. The normalized spacial score (nSPS) is 18.4. The molecule has 1 heterocycles. The average molecular weight is 662 g/mol.